The Hall–Kier alpha value is -1.95. The topological polar surface area (TPSA) is 93.0 Å². The van der Waals surface area contributed by atoms with Crippen LogP contribution in [0, 0.1) is 0 Å². The minimum absolute atomic E-state index is 0. The number of benzene rings is 1. The second-order valence-corrected chi connectivity index (χ2v) is 4.45. The summed E-state index contributed by atoms with van der Waals surface area (Å²) in [7, 11) is 0. The van der Waals surface area contributed by atoms with Gasteiger partial charge in [0.05, 0.1) is 12.8 Å². The maximum atomic E-state index is 12.0. The summed E-state index contributed by atoms with van der Waals surface area (Å²) >= 11 is 0. The lowest BCUT2D eigenvalue weighted by molar-refractivity contribution is -0.274. The van der Waals surface area contributed by atoms with E-state index in [1.807, 2.05) is 0 Å². The normalized spacial score (nSPS) is 13.1. The van der Waals surface area contributed by atoms with Gasteiger partial charge in [-0.05, 0) is 36.4 Å². The number of furan rings is 1. The molecular formula is C14H15F3IN3O3. The van der Waals surface area contributed by atoms with Gasteiger partial charge in [-0.1, -0.05) is 0 Å². The number of hydrogen-bond acceptors (Lipinski definition) is 4. The van der Waals surface area contributed by atoms with Crippen LogP contribution in [0.4, 0.5) is 18.9 Å². The number of nitrogens with one attached hydrogen (secondary N) is 1. The number of aliphatic imine (C=N–C) groups is 1. The highest BCUT2D eigenvalue weighted by atomic mass is 127. The van der Waals surface area contributed by atoms with Crippen LogP contribution in [0.15, 0.2) is 52.1 Å². The summed E-state index contributed by atoms with van der Waals surface area (Å²) in [6, 6.07) is 8.22. The zero-order chi connectivity index (χ0) is 16.9. The van der Waals surface area contributed by atoms with E-state index in [-0.39, 0.29) is 42.2 Å². The summed E-state index contributed by atoms with van der Waals surface area (Å²) in [4.78, 5) is 3.92. The molecule has 4 N–H and O–H groups in total. The Morgan fingerprint density at radius 1 is 1.29 bits per heavy atom. The first kappa shape index (κ1) is 20.1. The predicted octanol–water partition coefficient (Wildman–Crippen LogP) is 3.26. The van der Waals surface area contributed by atoms with Crippen molar-refractivity contribution in [2.45, 2.75) is 12.5 Å². The molecule has 0 saturated carbocycles. The predicted molar refractivity (Wildman–Crippen MR) is 92.3 cm³/mol. The molecule has 132 valence electrons. The average molecular weight is 457 g/mol. The van der Waals surface area contributed by atoms with E-state index in [4.69, 9.17) is 10.2 Å². The molecule has 0 amide bonds. The Kier molecular flexibility index (Phi) is 7.35. The van der Waals surface area contributed by atoms with Gasteiger partial charge in [-0.3, -0.25) is 0 Å². The number of nitrogens with two attached hydrogens (primary N) is 1. The van der Waals surface area contributed by atoms with E-state index in [0.29, 0.717) is 11.4 Å². The quantitative estimate of drug-likeness (QED) is 0.364. The number of ether oxygens (including phenoxy) is 1. The lowest BCUT2D eigenvalue weighted by Gasteiger charge is -2.10. The van der Waals surface area contributed by atoms with Gasteiger partial charge >= 0.3 is 6.36 Å². The number of aliphatic hydroxyl groups is 1. The molecule has 10 heteroatoms. The fourth-order valence-electron chi connectivity index (χ4n) is 1.68. The summed E-state index contributed by atoms with van der Waals surface area (Å²) in [5, 5.41) is 12.4. The third-order valence-corrected chi connectivity index (χ3v) is 2.67. The van der Waals surface area contributed by atoms with E-state index in [2.05, 4.69) is 15.0 Å². The molecule has 24 heavy (non-hydrogen) atoms. The fourth-order valence-corrected chi connectivity index (χ4v) is 1.68. The second-order valence-electron chi connectivity index (χ2n) is 4.45. The zero-order valence-corrected chi connectivity index (χ0v) is 14.5. The van der Waals surface area contributed by atoms with Gasteiger partial charge in [0.2, 0.25) is 0 Å². The fraction of sp³-hybridized carbons (Fsp3) is 0.214. The van der Waals surface area contributed by atoms with Crippen molar-refractivity contribution >= 4 is 35.6 Å². The molecule has 0 aliphatic carbocycles. The maximum absolute atomic E-state index is 12.0. The molecule has 1 heterocycles. The van der Waals surface area contributed by atoms with E-state index in [0.717, 1.165) is 12.1 Å². The highest BCUT2D eigenvalue weighted by Crippen LogP contribution is 2.23. The smallest absolute Gasteiger partial charge is 0.467 e. The molecule has 1 aromatic heterocycles. The van der Waals surface area contributed by atoms with Crippen molar-refractivity contribution in [3.63, 3.8) is 0 Å². The number of guanidine groups is 1. The van der Waals surface area contributed by atoms with E-state index >= 15 is 0 Å². The Balaban J connectivity index is 0.00000288. The number of halogens is 4. The van der Waals surface area contributed by atoms with E-state index in [1.54, 1.807) is 12.1 Å². The largest absolute Gasteiger partial charge is 0.573 e. The van der Waals surface area contributed by atoms with Crippen LogP contribution < -0.4 is 15.8 Å². The SMILES string of the molecule is I.NC(=NCC(O)c1ccco1)Nc1ccc(OC(F)(F)F)cc1. The van der Waals surface area contributed by atoms with Crippen molar-refractivity contribution in [3.05, 3.63) is 48.4 Å². The van der Waals surface area contributed by atoms with E-state index in [9.17, 15) is 18.3 Å². The Bertz CT molecular complexity index is 646. The van der Waals surface area contributed by atoms with E-state index < -0.39 is 12.5 Å². The van der Waals surface area contributed by atoms with Crippen molar-refractivity contribution in [2.24, 2.45) is 10.7 Å². The minimum atomic E-state index is -4.74. The Labute approximate surface area is 152 Å². The van der Waals surface area contributed by atoms with Crippen LogP contribution in [0.25, 0.3) is 0 Å². The molecule has 0 saturated heterocycles. The van der Waals surface area contributed by atoms with Gasteiger partial charge in [-0.25, -0.2) is 4.99 Å². The molecule has 0 aliphatic rings. The molecular weight excluding hydrogens is 442 g/mol. The van der Waals surface area contributed by atoms with Crippen LogP contribution in [-0.2, 0) is 0 Å². The molecule has 0 radical (unpaired) electrons. The maximum Gasteiger partial charge on any atom is 0.573 e. The molecule has 6 nitrogen and oxygen atoms in total. The first-order valence-corrected chi connectivity index (χ1v) is 6.48. The summed E-state index contributed by atoms with van der Waals surface area (Å²) in [5.74, 6) is 0.0158. The zero-order valence-electron chi connectivity index (χ0n) is 12.2. The van der Waals surface area contributed by atoms with Crippen LogP contribution >= 0.6 is 24.0 Å². The molecule has 0 aliphatic heterocycles. The lowest BCUT2D eigenvalue weighted by Crippen LogP contribution is -2.23. The molecule has 0 bridgehead atoms. The summed E-state index contributed by atoms with van der Waals surface area (Å²) in [6.07, 6.45) is -4.25. The lowest BCUT2D eigenvalue weighted by atomic mass is 10.3. The van der Waals surface area contributed by atoms with Crippen molar-refractivity contribution < 1.29 is 27.4 Å². The standard InChI is InChI=1S/C14H14F3N3O3.HI/c15-14(16,17)23-10-5-3-9(4-6-10)20-13(18)19-8-11(21)12-2-1-7-22-12;/h1-7,11,21H,8H2,(H3,18,19,20);1H. The molecule has 1 aromatic carbocycles. The molecule has 0 spiro atoms. The highest BCUT2D eigenvalue weighted by Gasteiger charge is 2.30. The highest BCUT2D eigenvalue weighted by molar-refractivity contribution is 14.0. The van der Waals surface area contributed by atoms with Gasteiger partial charge in [0.1, 0.15) is 17.6 Å². The third-order valence-electron chi connectivity index (χ3n) is 2.67. The monoisotopic (exact) mass is 457 g/mol. The number of anilines is 1. The van der Waals surface area contributed by atoms with Crippen molar-refractivity contribution in [1.29, 1.82) is 0 Å². The third kappa shape index (κ3) is 6.66. The molecule has 0 fully saturated rings. The van der Waals surface area contributed by atoms with Crippen LogP contribution in [0.2, 0.25) is 0 Å². The summed E-state index contributed by atoms with van der Waals surface area (Å²) < 4.78 is 44.9. The second kappa shape index (κ2) is 8.78. The van der Waals surface area contributed by atoms with Gasteiger partial charge in [-0.15, -0.1) is 37.1 Å². The van der Waals surface area contributed by atoms with Crippen LogP contribution in [0.5, 0.6) is 5.75 Å². The first-order valence-electron chi connectivity index (χ1n) is 6.48. The number of rotatable bonds is 5. The number of alkyl halides is 3. The average Bonchev–Trinajstić information content (AvgIpc) is 2.99. The van der Waals surface area contributed by atoms with Gasteiger partial charge in [-0.2, -0.15) is 0 Å². The minimum Gasteiger partial charge on any atom is -0.467 e. The first-order chi connectivity index (χ1) is 10.8. The summed E-state index contributed by atoms with van der Waals surface area (Å²) in [6.45, 7) is -0.0262. The molecule has 2 rings (SSSR count). The van der Waals surface area contributed by atoms with Gasteiger partial charge in [0, 0.05) is 5.69 Å². The Morgan fingerprint density at radius 3 is 2.50 bits per heavy atom. The Morgan fingerprint density at radius 2 is 1.96 bits per heavy atom. The van der Waals surface area contributed by atoms with Gasteiger partial charge in [0.25, 0.3) is 0 Å². The van der Waals surface area contributed by atoms with Crippen molar-refractivity contribution in [1.82, 2.24) is 0 Å². The van der Waals surface area contributed by atoms with Crippen LogP contribution in [0.1, 0.15) is 11.9 Å². The molecule has 1 atom stereocenters. The number of nitrogens with zero attached hydrogens (tertiary/aromatic N) is 1. The van der Waals surface area contributed by atoms with Gasteiger partial charge in [0.15, 0.2) is 5.96 Å². The van der Waals surface area contributed by atoms with Crippen molar-refractivity contribution in [2.75, 3.05) is 11.9 Å². The molecule has 1 unspecified atom stereocenters. The number of hydrogen-bond donors (Lipinski definition) is 3. The van der Waals surface area contributed by atoms with Crippen LogP contribution in [-0.4, -0.2) is 24.0 Å². The van der Waals surface area contributed by atoms with Crippen LogP contribution in [0.3, 0.4) is 0 Å². The van der Waals surface area contributed by atoms with Crippen molar-refractivity contribution in [3.8, 4) is 5.75 Å². The summed E-state index contributed by atoms with van der Waals surface area (Å²) in [5.41, 5.74) is 6.06. The number of aliphatic hydroxyl groups excluding tert-OH is 1. The van der Waals surface area contributed by atoms with E-state index in [1.165, 1.54) is 18.4 Å². The molecule has 2 aromatic rings. The van der Waals surface area contributed by atoms with Gasteiger partial charge < -0.3 is 25.3 Å².